The Balaban J connectivity index is 2.20. The maximum absolute atomic E-state index is 13.3. The zero-order chi connectivity index (χ0) is 12.3. The lowest BCUT2D eigenvalue weighted by molar-refractivity contribution is 0.0769. The van der Waals surface area contributed by atoms with Crippen molar-refractivity contribution in [2.24, 2.45) is 0 Å². The van der Waals surface area contributed by atoms with E-state index in [1.165, 1.54) is 12.1 Å². The van der Waals surface area contributed by atoms with E-state index in [0.717, 1.165) is 24.5 Å². The van der Waals surface area contributed by atoms with Crippen LogP contribution in [0.5, 0.6) is 0 Å². The normalized spacial score (nSPS) is 16.6. The van der Waals surface area contributed by atoms with E-state index in [0.29, 0.717) is 6.54 Å². The topological polar surface area (TPSA) is 46.3 Å². The molecule has 2 rings (SSSR count). The van der Waals surface area contributed by atoms with E-state index in [1.54, 1.807) is 11.0 Å². The largest absolute Gasteiger partial charge is 0.396 e. The molecule has 0 bridgehead atoms. The Morgan fingerprint density at radius 3 is 3.00 bits per heavy atom. The van der Waals surface area contributed by atoms with Gasteiger partial charge in [-0.25, -0.2) is 4.39 Å². The number of nitrogens with zero attached hydrogens (tertiary/aromatic N) is 1. The summed E-state index contributed by atoms with van der Waals surface area (Å²) in [7, 11) is 0. The lowest BCUT2D eigenvalue weighted by Gasteiger charge is -2.20. The third kappa shape index (κ3) is 2.72. The van der Waals surface area contributed by atoms with E-state index in [2.05, 4.69) is 0 Å². The van der Waals surface area contributed by atoms with Gasteiger partial charge in [-0.3, -0.25) is 4.79 Å². The zero-order valence-corrected chi connectivity index (χ0v) is 10.3. The molecule has 3 nitrogen and oxygen atoms in total. The van der Waals surface area contributed by atoms with Crippen molar-refractivity contribution < 1.29 is 9.18 Å². The van der Waals surface area contributed by atoms with Crippen LogP contribution in [0, 0.1) is 5.82 Å². The quantitative estimate of drug-likeness (QED) is 0.780. The molecule has 1 saturated heterocycles. The number of carbonyl (C=O) groups excluding carboxylic acids is 1. The predicted octanol–water partition coefficient (Wildman–Crippen LogP) is 1.99. The number of carbonyl (C=O) groups is 1. The molecule has 0 atom stereocenters. The number of thioether (sulfide) groups is 1. The maximum Gasteiger partial charge on any atom is 0.256 e. The molecule has 2 N–H and O–H groups in total. The van der Waals surface area contributed by atoms with Crippen molar-refractivity contribution in [1.29, 1.82) is 0 Å². The number of nitrogens with two attached hydrogens (primary N) is 1. The van der Waals surface area contributed by atoms with Gasteiger partial charge in [-0.05, 0) is 24.3 Å². The fraction of sp³-hybridized carbons (Fsp3) is 0.417. The molecule has 1 aliphatic heterocycles. The number of anilines is 1. The Bertz CT molecular complexity index is 417. The van der Waals surface area contributed by atoms with Crippen LogP contribution in [0.25, 0.3) is 0 Å². The molecule has 0 saturated carbocycles. The van der Waals surface area contributed by atoms with Gasteiger partial charge in [0.1, 0.15) is 5.82 Å². The molecule has 1 aliphatic rings. The van der Waals surface area contributed by atoms with Crippen LogP contribution in [0.2, 0.25) is 0 Å². The number of benzene rings is 1. The molecular weight excluding hydrogens is 239 g/mol. The van der Waals surface area contributed by atoms with E-state index in [1.807, 2.05) is 11.8 Å². The summed E-state index contributed by atoms with van der Waals surface area (Å²) >= 11 is 1.84. The van der Waals surface area contributed by atoms with Crippen LogP contribution in [0.15, 0.2) is 18.2 Å². The summed E-state index contributed by atoms with van der Waals surface area (Å²) < 4.78 is 13.3. The number of rotatable bonds is 1. The van der Waals surface area contributed by atoms with Gasteiger partial charge in [-0.1, -0.05) is 6.07 Å². The summed E-state index contributed by atoms with van der Waals surface area (Å²) in [5, 5.41) is 0. The van der Waals surface area contributed by atoms with E-state index < -0.39 is 5.82 Å². The monoisotopic (exact) mass is 254 g/mol. The van der Waals surface area contributed by atoms with Gasteiger partial charge >= 0.3 is 0 Å². The Morgan fingerprint density at radius 1 is 1.35 bits per heavy atom. The van der Waals surface area contributed by atoms with Crippen LogP contribution in [-0.4, -0.2) is 35.4 Å². The summed E-state index contributed by atoms with van der Waals surface area (Å²) in [6.07, 6.45) is 0.978. The van der Waals surface area contributed by atoms with Crippen LogP contribution >= 0.6 is 11.8 Å². The highest BCUT2D eigenvalue weighted by atomic mass is 32.2. The highest BCUT2D eigenvalue weighted by molar-refractivity contribution is 7.99. The molecule has 0 spiro atoms. The molecule has 0 aromatic heterocycles. The summed E-state index contributed by atoms with van der Waals surface area (Å²) in [6, 6.07) is 4.37. The molecule has 1 heterocycles. The van der Waals surface area contributed by atoms with Gasteiger partial charge in [0.2, 0.25) is 0 Å². The van der Waals surface area contributed by atoms with E-state index in [9.17, 15) is 9.18 Å². The van der Waals surface area contributed by atoms with Crippen LogP contribution in [0.4, 0.5) is 10.1 Å². The van der Waals surface area contributed by atoms with Crippen molar-refractivity contribution >= 4 is 23.4 Å². The fourth-order valence-electron chi connectivity index (χ4n) is 1.84. The van der Waals surface area contributed by atoms with Crippen molar-refractivity contribution in [3.8, 4) is 0 Å². The molecule has 1 aromatic rings. The summed E-state index contributed by atoms with van der Waals surface area (Å²) in [6.45, 7) is 1.43. The van der Waals surface area contributed by atoms with Gasteiger partial charge in [0.05, 0.1) is 11.3 Å². The van der Waals surface area contributed by atoms with Crippen LogP contribution in [0.1, 0.15) is 16.8 Å². The van der Waals surface area contributed by atoms with Crippen molar-refractivity contribution in [1.82, 2.24) is 4.90 Å². The summed E-state index contributed by atoms with van der Waals surface area (Å²) in [5.74, 6) is 1.31. The van der Waals surface area contributed by atoms with Crippen LogP contribution < -0.4 is 5.73 Å². The number of halogens is 1. The van der Waals surface area contributed by atoms with Gasteiger partial charge < -0.3 is 10.6 Å². The van der Waals surface area contributed by atoms with Crippen molar-refractivity contribution in [3.05, 3.63) is 29.6 Å². The Labute approximate surface area is 104 Å². The summed E-state index contributed by atoms with van der Waals surface area (Å²) in [5.41, 5.74) is 5.83. The van der Waals surface area contributed by atoms with E-state index in [4.69, 9.17) is 5.73 Å². The second kappa shape index (κ2) is 5.40. The SMILES string of the molecule is Nc1c(F)cccc1C(=O)N1CCCSCC1. The minimum Gasteiger partial charge on any atom is -0.396 e. The highest BCUT2D eigenvalue weighted by Crippen LogP contribution is 2.19. The van der Waals surface area contributed by atoms with E-state index >= 15 is 0 Å². The van der Waals surface area contributed by atoms with Gasteiger partial charge in [-0.2, -0.15) is 11.8 Å². The minimum atomic E-state index is -0.528. The molecule has 1 fully saturated rings. The van der Waals surface area contributed by atoms with Crippen molar-refractivity contribution in [2.75, 3.05) is 30.3 Å². The molecule has 1 aromatic carbocycles. The third-order valence-corrected chi connectivity index (χ3v) is 3.84. The van der Waals surface area contributed by atoms with Gasteiger partial charge in [0, 0.05) is 18.8 Å². The Hall–Kier alpha value is -1.23. The van der Waals surface area contributed by atoms with Crippen LogP contribution in [-0.2, 0) is 0 Å². The average molecular weight is 254 g/mol. The second-order valence-corrected chi connectivity index (χ2v) is 5.18. The second-order valence-electron chi connectivity index (χ2n) is 3.96. The zero-order valence-electron chi connectivity index (χ0n) is 9.49. The average Bonchev–Trinajstić information content (AvgIpc) is 2.60. The van der Waals surface area contributed by atoms with Crippen molar-refractivity contribution in [2.45, 2.75) is 6.42 Å². The molecular formula is C12H15FN2OS. The van der Waals surface area contributed by atoms with Crippen molar-refractivity contribution in [3.63, 3.8) is 0 Å². The first kappa shape index (κ1) is 12.2. The maximum atomic E-state index is 13.3. The number of nitrogen functional groups attached to an aromatic ring is 1. The lowest BCUT2D eigenvalue weighted by Crippen LogP contribution is -2.33. The first-order valence-corrected chi connectivity index (χ1v) is 6.76. The van der Waals surface area contributed by atoms with Gasteiger partial charge in [0.15, 0.2) is 0 Å². The Morgan fingerprint density at radius 2 is 2.18 bits per heavy atom. The fourth-order valence-corrected chi connectivity index (χ4v) is 2.73. The first-order valence-electron chi connectivity index (χ1n) is 5.61. The number of hydrogen-bond donors (Lipinski definition) is 1. The molecule has 17 heavy (non-hydrogen) atoms. The first-order chi connectivity index (χ1) is 8.20. The van der Waals surface area contributed by atoms with Crippen LogP contribution in [0.3, 0.4) is 0 Å². The number of para-hydroxylation sites is 1. The molecule has 0 unspecified atom stereocenters. The standard InChI is InChI=1S/C12H15FN2OS/c13-10-4-1-3-9(11(10)14)12(16)15-5-2-7-17-8-6-15/h1,3-4H,2,5-8,14H2. The van der Waals surface area contributed by atoms with Gasteiger partial charge in [-0.15, -0.1) is 0 Å². The van der Waals surface area contributed by atoms with Gasteiger partial charge in [0.25, 0.3) is 5.91 Å². The molecule has 5 heteroatoms. The predicted molar refractivity (Wildman–Crippen MR) is 68.7 cm³/mol. The smallest absolute Gasteiger partial charge is 0.256 e. The highest BCUT2D eigenvalue weighted by Gasteiger charge is 2.20. The summed E-state index contributed by atoms with van der Waals surface area (Å²) in [4.78, 5) is 14.0. The third-order valence-electron chi connectivity index (χ3n) is 2.79. The molecule has 92 valence electrons. The van der Waals surface area contributed by atoms with E-state index in [-0.39, 0.29) is 17.2 Å². The Kier molecular flexibility index (Phi) is 3.89. The number of hydrogen-bond acceptors (Lipinski definition) is 3. The molecule has 0 radical (unpaired) electrons. The molecule has 1 amide bonds. The minimum absolute atomic E-state index is 0.0469. The lowest BCUT2D eigenvalue weighted by atomic mass is 10.1. The molecule has 0 aliphatic carbocycles. The number of amides is 1.